The Labute approximate surface area is 120 Å². The first-order valence-electron chi connectivity index (χ1n) is 6.46. The topological polar surface area (TPSA) is 45.2 Å². The first-order valence-corrected chi connectivity index (χ1v) is 6.46. The smallest absolute Gasteiger partial charge is 0.369 e. The number of anilines is 1. The maximum absolute atomic E-state index is 13.2. The lowest BCUT2D eigenvalue weighted by Gasteiger charge is -2.19. The third-order valence-electron chi connectivity index (χ3n) is 2.70. The van der Waals surface area contributed by atoms with Gasteiger partial charge in [-0.2, -0.15) is 13.2 Å². The van der Waals surface area contributed by atoms with E-state index in [9.17, 15) is 22.4 Å². The lowest BCUT2D eigenvalue weighted by Crippen LogP contribution is -2.31. The molecule has 0 radical (unpaired) electrons. The number of alkyl halides is 3. The summed E-state index contributed by atoms with van der Waals surface area (Å²) in [5, 5.41) is 2.85. The minimum atomic E-state index is -4.35. The van der Waals surface area contributed by atoms with Gasteiger partial charge in [-0.3, -0.25) is 4.79 Å². The van der Waals surface area contributed by atoms with Crippen molar-refractivity contribution in [1.82, 2.24) is 9.88 Å². The molecule has 118 valence electrons. The molecule has 21 heavy (non-hydrogen) atoms. The van der Waals surface area contributed by atoms with Gasteiger partial charge in [0.2, 0.25) is 0 Å². The summed E-state index contributed by atoms with van der Waals surface area (Å²) in [6.07, 6.45) is -3.76. The molecule has 0 bridgehead atoms. The molecule has 0 aliphatic carbocycles. The quantitative estimate of drug-likeness (QED) is 0.822. The summed E-state index contributed by atoms with van der Waals surface area (Å²) < 4.78 is 49.7. The molecule has 1 aromatic rings. The Morgan fingerprint density at radius 1 is 1.43 bits per heavy atom. The number of aromatic nitrogens is 1. The van der Waals surface area contributed by atoms with E-state index in [0.29, 0.717) is 6.54 Å². The number of halogens is 4. The molecule has 0 unspecified atom stereocenters. The lowest BCUT2D eigenvalue weighted by atomic mass is 10.2. The number of pyridine rings is 1. The molecule has 1 N–H and O–H groups in total. The first-order chi connectivity index (χ1) is 9.74. The zero-order valence-electron chi connectivity index (χ0n) is 11.8. The van der Waals surface area contributed by atoms with Gasteiger partial charge < -0.3 is 10.2 Å². The minimum Gasteiger partial charge on any atom is -0.369 e. The summed E-state index contributed by atoms with van der Waals surface area (Å²) >= 11 is 0. The molecule has 0 aromatic carbocycles. The minimum absolute atomic E-state index is 0.0758. The van der Waals surface area contributed by atoms with Crippen LogP contribution in [0, 0.1) is 5.82 Å². The van der Waals surface area contributed by atoms with Gasteiger partial charge in [-0.1, -0.05) is 6.92 Å². The van der Waals surface area contributed by atoms with Crippen molar-refractivity contribution in [3.8, 4) is 0 Å². The van der Waals surface area contributed by atoms with Gasteiger partial charge in [0.15, 0.2) is 0 Å². The van der Waals surface area contributed by atoms with E-state index in [-0.39, 0.29) is 11.4 Å². The molecule has 1 heterocycles. The van der Waals surface area contributed by atoms with Crippen molar-refractivity contribution in [1.29, 1.82) is 0 Å². The predicted molar refractivity (Wildman–Crippen MR) is 70.6 cm³/mol. The maximum Gasteiger partial charge on any atom is 0.390 e. The fourth-order valence-electron chi connectivity index (χ4n) is 1.59. The van der Waals surface area contributed by atoms with Crippen LogP contribution >= 0.6 is 0 Å². The van der Waals surface area contributed by atoms with Gasteiger partial charge >= 0.3 is 6.18 Å². The van der Waals surface area contributed by atoms with E-state index in [2.05, 4.69) is 10.3 Å². The molecule has 0 aliphatic heterocycles. The van der Waals surface area contributed by atoms with Crippen LogP contribution in [0.3, 0.4) is 0 Å². The lowest BCUT2D eigenvalue weighted by molar-refractivity contribution is -0.136. The van der Waals surface area contributed by atoms with E-state index in [1.165, 1.54) is 7.05 Å². The molecule has 0 fully saturated rings. The number of hydrogen-bond acceptors (Lipinski definition) is 3. The number of hydrogen-bond donors (Lipinski definition) is 1. The SMILES string of the molecule is CCCNc1ncc(F)cc1C(=O)N(C)CCC(F)(F)F. The maximum atomic E-state index is 13.2. The van der Waals surface area contributed by atoms with Crippen LogP contribution in [-0.4, -0.2) is 42.1 Å². The third-order valence-corrected chi connectivity index (χ3v) is 2.70. The number of nitrogens with one attached hydrogen (secondary N) is 1. The molecule has 1 aromatic heterocycles. The van der Waals surface area contributed by atoms with Crippen molar-refractivity contribution in [2.24, 2.45) is 0 Å². The van der Waals surface area contributed by atoms with Gasteiger partial charge in [0.05, 0.1) is 18.2 Å². The van der Waals surface area contributed by atoms with E-state index < -0.39 is 30.9 Å². The molecule has 0 aliphatic rings. The van der Waals surface area contributed by atoms with Crippen molar-refractivity contribution in [3.63, 3.8) is 0 Å². The van der Waals surface area contributed by atoms with Gasteiger partial charge in [-0.25, -0.2) is 9.37 Å². The van der Waals surface area contributed by atoms with Crippen LogP contribution in [0.2, 0.25) is 0 Å². The van der Waals surface area contributed by atoms with E-state index >= 15 is 0 Å². The fraction of sp³-hybridized carbons (Fsp3) is 0.538. The molecule has 0 atom stereocenters. The normalized spacial score (nSPS) is 11.3. The van der Waals surface area contributed by atoms with Crippen LogP contribution in [0.5, 0.6) is 0 Å². The van der Waals surface area contributed by atoms with Crippen molar-refractivity contribution >= 4 is 11.7 Å². The van der Waals surface area contributed by atoms with E-state index in [4.69, 9.17) is 0 Å². The highest BCUT2D eigenvalue weighted by atomic mass is 19.4. The van der Waals surface area contributed by atoms with E-state index in [1.807, 2.05) is 6.92 Å². The molecule has 0 saturated heterocycles. The molecule has 1 rings (SSSR count). The van der Waals surface area contributed by atoms with Crippen LogP contribution in [0.25, 0.3) is 0 Å². The average molecular weight is 307 g/mol. The van der Waals surface area contributed by atoms with Crippen LogP contribution in [0.1, 0.15) is 30.1 Å². The molecular formula is C13H17F4N3O. The number of nitrogens with zero attached hydrogens (tertiary/aromatic N) is 2. The van der Waals surface area contributed by atoms with Crippen molar-refractivity contribution in [3.05, 3.63) is 23.6 Å². The number of carbonyl (C=O) groups is 1. The molecule has 1 amide bonds. The summed E-state index contributed by atoms with van der Waals surface area (Å²) in [6.45, 7) is 1.92. The Bertz CT molecular complexity index is 491. The van der Waals surface area contributed by atoms with Gasteiger partial charge in [0.25, 0.3) is 5.91 Å². The monoisotopic (exact) mass is 307 g/mol. The van der Waals surface area contributed by atoms with Crippen molar-refractivity contribution in [2.75, 3.05) is 25.5 Å². The van der Waals surface area contributed by atoms with E-state index in [1.54, 1.807) is 0 Å². The molecular weight excluding hydrogens is 290 g/mol. The number of amides is 1. The summed E-state index contributed by atoms with van der Waals surface area (Å²) in [5.74, 6) is -1.25. The van der Waals surface area contributed by atoms with Crippen molar-refractivity contribution in [2.45, 2.75) is 25.9 Å². The van der Waals surface area contributed by atoms with Crippen LogP contribution in [-0.2, 0) is 0 Å². The zero-order valence-corrected chi connectivity index (χ0v) is 11.8. The Hall–Kier alpha value is -1.86. The fourth-order valence-corrected chi connectivity index (χ4v) is 1.59. The Kier molecular flexibility index (Phi) is 5.92. The Balaban J connectivity index is 2.86. The van der Waals surface area contributed by atoms with Gasteiger partial charge in [-0.05, 0) is 12.5 Å². The standard InChI is InChI=1S/C13H17F4N3O/c1-3-5-18-11-10(7-9(14)8-19-11)12(21)20(2)6-4-13(15,16)17/h7-8H,3-6H2,1-2H3,(H,18,19). The average Bonchev–Trinajstić information content (AvgIpc) is 2.41. The molecule has 4 nitrogen and oxygen atoms in total. The van der Waals surface area contributed by atoms with Gasteiger partial charge in [0.1, 0.15) is 11.6 Å². The highest BCUT2D eigenvalue weighted by Gasteiger charge is 2.28. The summed E-state index contributed by atoms with van der Waals surface area (Å²) in [4.78, 5) is 16.8. The summed E-state index contributed by atoms with van der Waals surface area (Å²) in [7, 11) is 1.24. The first kappa shape index (κ1) is 17.2. The number of carbonyl (C=O) groups excluding carboxylic acids is 1. The Morgan fingerprint density at radius 3 is 2.67 bits per heavy atom. The second-order valence-corrected chi connectivity index (χ2v) is 4.57. The van der Waals surface area contributed by atoms with Crippen LogP contribution in [0.15, 0.2) is 12.3 Å². The predicted octanol–water partition coefficient (Wildman–Crippen LogP) is 3.07. The van der Waals surface area contributed by atoms with Gasteiger partial charge in [0, 0.05) is 20.1 Å². The van der Waals surface area contributed by atoms with Crippen LogP contribution in [0.4, 0.5) is 23.4 Å². The molecule has 0 spiro atoms. The second kappa shape index (κ2) is 7.24. The second-order valence-electron chi connectivity index (χ2n) is 4.57. The van der Waals surface area contributed by atoms with Crippen LogP contribution < -0.4 is 5.32 Å². The largest absolute Gasteiger partial charge is 0.390 e. The summed E-state index contributed by atoms with van der Waals surface area (Å²) in [5.41, 5.74) is -0.0758. The number of rotatable bonds is 6. The molecule has 8 heteroatoms. The Morgan fingerprint density at radius 2 is 2.10 bits per heavy atom. The molecule has 0 saturated carbocycles. The summed E-state index contributed by atoms with van der Waals surface area (Å²) in [6, 6.07) is 0.970. The third kappa shape index (κ3) is 5.57. The van der Waals surface area contributed by atoms with E-state index in [0.717, 1.165) is 23.6 Å². The van der Waals surface area contributed by atoms with Gasteiger partial charge in [-0.15, -0.1) is 0 Å². The zero-order chi connectivity index (χ0) is 16.0. The van der Waals surface area contributed by atoms with Crippen molar-refractivity contribution < 1.29 is 22.4 Å². The highest BCUT2D eigenvalue weighted by Crippen LogP contribution is 2.21. The highest BCUT2D eigenvalue weighted by molar-refractivity contribution is 5.98.